The molecular formula is C14H22BrNOSi. The Balaban J connectivity index is 2.24. The van der Waals surface area contributed by atoms with Crippen LogP contribution in [0.25, 0.3) is 0 Å². The second-order valence-corrected chi connectivity index (χ2v) is 12.4. The second-order valence-electron chi connectivity index (χ2n) is 6.72. The molecule has 0 radical (unpaired) electrons. The van der Waals surface area contributed by atoms with Crippen molar-refractivity contribution in [3.63, 3.8) is 0 Å². The Morgan fingerprint density at radius 3 is 2.39 bits per heavy atom. The van der Waals surface area contributed by atoms with Gasteiger partial charge in [-0.1, -0.05) is 36.7 Å². The van der Waals surface area contributed by atoms with E-state index in [1.54, 1.807) is 0 Å². The van der Waals surface area contributed by atoms with Gasteiger partial charge in [0.25, 0.3) is 0 Å². The summed E-state index contributed by atoms with van der Waals surface area (Å²) < 4.78 is 7.68. The van der Waals surface area contributed by atoms with Crippen molar-refractivity contribution in [3.05, 3.63) is 28.5 Å². The number of rotatable bonds is 3. The van der Waals surface area contributed by atoms with E-state index in [-0.39, 0.29) is 10.6 Å². The summed E-state index contributed by atoms with van der Waals surface area (Å²) >= 11 is 3.52. The molecule has 4 heteroatoms. The van der Waals surface area contributed by atoms with Crippen molar-refractivity contribution in [2.24, 2.45) is 0 Å². The molecule has 0 unspecified atom stereocenters. The predicted molar refractivity (Wildman–Crippen MR) is 81.1 cm³/mol. The smallest absolute Gasteiger partial charge is 0.193 e. The molecule has 0 aromatic carbocycles. The minimum atomic E-state index is -1.73. The van der Waals surface area contributed by atoms with Gasteiger partial charge in [0.1, 0.15) is 0 Å². The summed E-state index contributed by atoms with van der Waals surface area (Å²) in [5.74, 6) is 0. The first-order chi connectivity index (χ1) is 8.16. The SMILES string of the molecule is CC(C)(C)[Si](C)(C)OC1(c2cc(Br)ccn2)CC1. The fourth-order valence-corrected chi connectivity index (χ4v) is 3.75. The molecule has 1 aliphatic carbocycles. The number of hydrogen-bond donors (Lipinski definition) is 0. The lowest BCUT2D eigenvalue weighted by Gasteiger charge is -2.39. The minimum Gasteiger partial charge on any atom is -0.406 e. The fourth-order valence-electron chi connectivity index (χ4n) is 1.82. The number of nitrogens with zero attached hydrogens (tertiary/aromatic N) is 1. The molecular weight excluding hydrogens is 306 g/mol. The third-order valence-corrected chi connectivity index (χ3v) is 9.16. The van der Waals surface area contributed by atoms with Gasteiger partial charge in [-0.15, -0.1) is 0 Å². The average Bonchev–Trinajstić information content (AvgIpc) is 2.96. The van der Waals surface area contributed by atoms with Crippen molar-refractivity contribution in [3.8, 4) is 0 Å². The molecule has 1 aromatic rings. The topological polar surface area (TPSA) is 22.1 Å². The highest BCUT2D eigenvalue weighted by atomic mass is 79.9. The van der Waals surface area contributed by atoms with E-state index in [0.29, 0.717) is 0 Å². The maximum Gasteiger partial charge on any atom is 0.193 e. The molecule has 1 fully saturated rings. The Morgan fingerprint density at radius 2 is 1.94 bits per heavy atom. The van der Waals surface area contributed by atoms with Gasteiger partial charge in [0.15, 0.2) is 8.32 Å². The molecule has 0 atom stereocenters. The van der Waals surface area contributed by atoms with Crippen LogP contribution in [0.15, 0.2) is 22.8 Å². The first kappa shape index (κ1) is 14.2. The van der Waals surface area contributed by atoms with Crippen LogP contribution < -0.4 is 0 Å². The Kier molecular flexibility index (Phi) is 3.50. The number of hydrogen-bond acceptors (Lipinski definition) is 2. The largest absolute Gasteiger partial charge is 0.406 e. The molecule has 2 nitrogen and oxygen atoms in total. The number of halogens is 1. The van der Waals surface area contributed by atoms with E-state index < -0.39 is 8.32 Å². The standard InChI is InChI=1S/C14H22BrNOSi/c1-13(2,3)18(4,5)17-14(7-8-14)12-10-11(15)6-9-16-12/h6,9-10H,7-8H2,1-5H3. The van der Waals surface area contributed by atoms with Crippen LogP contribution in [-0.4, -0.2) is 13.3 Å². The van der Waals surface area contributed by atoms with E-state index in [4.69, 9.17) is 4.43 Å². The summed E-state index contributed by atoms with van der Waals surface area (Å²) in [7, 11) is -1.73. The summed E-state index contributed by atoms with van der Waals surface area (Å²) in [4.78, 5) is 4.51. The van der Waals surface area contributed by atoms with E-state index in [1.165, 1.54) is 0 Å². The zero-order chi connectivity index (χ0) is 13.6. The van der Waals surface area contributed by atoms with Crippen molar-refractivity contribution >= 4 is 24.2 Å². The molecule has 0 bridgehead atoms. The maximum absolute atomic E-state index is 6.60. The lowest BCUT2D eigenvalue weighted by molar-refractivity contribution is 0.154. The van der Waals surface area contributed by atoms with Gasteiger partial charge >= 0.3 is 0 Å². The molecule has 1 saturated carbocycles. The Bertz CT molecular complexity index is 449. The van der Waals surface area contributed by atoms with Crippen LogP contribution in [0.1, 0.15) is 39.3 Å². The lowest BCUT2D eigenvalue weighted by Crippen LogP contribution is -2.44. The van der Waals surface area contributed by atoms with Crippen LogP contribution in [0.4, 0.5) is 0 Å². The van der Waals surface area contributed by atoms with E-state index in [0.717, 1.165) is 23.0 Å². The normalized spacial score (nSPS) is 18.8. The van der Waals surface area contributed by atoms with Crippen LogP contribution in [0.2, 0.25) is 18.1 Å². The summed E-state index contributed by atoms with van der Waals surface area (Å²) in [5, 5.41) is 0.245. The van der Waals surface area contributed by atoms with Crippen LogP contribution in [0.3, 0.4) is 0 Å². The van der Waals surface area contributed by atoms with Gasteiger partial charge in [0.2, 0.25) is 0 Å². The quantitative estimate of drug-likeness (QED) is 0.740. The first-order valence-corrected chi connectivity index (χ1v) is 10.2. The van der Waals surface area contributed by atoms with Gasteiger partial charge in [0.05, 0.1) is 11.3 Å². The van der Waals surface area contributed by atoms with E-state index >= 15 is 0 Å². The summed E-state index contributed by atoms with van der Waals surface area (Å²) in [6, 6.07) is 4.06. The zero-order valence-corrected chi connectivity index (χ0v) is 14.5. The fraction of sp³-hybridized carbons (Fsp3) is 0.643. The van der Waals surface area contributed by atoms with Crippen LogP contribution >= 0.6 is 15.9 Å². The summed E-state index contributed by atoms with van der Waals surface area (Å²) in [6.45, 7) is 11.5. The highest BCUT2D eigenvalue weighted by molar-refractivity contribution is 9.10. The molecule has 0 saturated heterocycles. The van der Waals surface area contributed by atoms with Crippen molar-refractivity contribution < 1.29 is 4.43 Å². The molecule has 2 rings (SSSR count). The lowest BCUT2D eigenvalue weighted by atomic mass is 10.2. The van der Waals surface area contributed by atoms with Gasteiger partial charge < -0.3 is 4.43 Å². The molecule has 1 aliphatic rings. The third-order valence-electron chi connectivity index (χ3n) is 4.15. The highest BCUT2D eigenvalue weighted by Crippen LogP contribution is 2.53. The maximum atomic E-state index is 6.60. The molecule has 100 valence electrons. The zero-order valence-electron chi connectivity index (χ0n) is 11.9. The molecule has 0 spiro atoms. The molecule has 1 heterocycles. The first-order valence-electron chi connectivity index (χ1n) is 6.49. The van der Waals surface area contributed by atoms with E-state index in [9.17, 15) is 0 Å². The summed E-state index contributed by atoms with van der Waals surface area (Å²) in [5.41, 5.74) is 0.981. The van der Waals surface area contributed by atoms with Crippen molar-refractivity contribution in [1.82, 2.24) is 4.98 Å². The average molecular weight is 328 g/mol. The van der Waals surface area contributed by atoms with E-state index in [2.05, 4.69) is 60.8 Å². The van der Waals surface area contributed by atoms with Gasteiger partial charge in [-0.05, 0) is 43.1 Å². The second kappa shape index (κ2) is 4.42. The van der Waals surface area contributed by atoms with Crippen molar-refractivity contribution in [2.75, 3.05) is 0 Å². The Hall–Kier alpha value is -0.193. The van der Waals surface area contributed by atoms with Gasteiger partial charge in [0, 0.05) is 10.7 Å². The molecule has 18 heavy (non-hydrogen) atoms. The summed E-state index contributed by atoms with van der Waals surface area (Å²) in [6.07, 6.45) is 4.06. The molecule has 0 amide bonds. The van der Waals surface area contributed by atoms with Crippen LogP contribution in [0, 0.1) is 0 Å². The van der Waals surface area contributed by atoms with Gasteiger partial charge in [-0.25, -0.2) is 0 Å². The monoisotopic (exact) mass is 327 g/mol. The number of aromatic nitrogens is 1. The molecule has 1 aromatic heterocycles. The van der Waals surface area contributed by atoms with Crippen molar-refractivity contribution in [2.45, 2.75) is 57.3 Å². The minimum absolute atomic E-state index is 0.104. The van der Waals surface area contributed by atoms with Gasteiger partial charge in [-0.2, -0.15) is 0 Å². The number of pyridine rings is 1. The van der Waals surface area contributed by atoms with Crippen molar-refractivity contribution in [1.29, 1.82) is 0 Å². The van der Waals surface area contributed by atoms with Gasteiger partial charge in [-0.3, -0.25) is 4.98 Å². The predicted octanol–water partition coefficient (Wildman–Crippen LogP) is 4.86. The molecule has 0 aliphatic heterocycles. The van der Waals surface area contributed by atoms with Crippen LogP contribution in [0.5, 0.6) is 0 Å². The molecule has 0 N–H and O–H groups in total. The highest BCUT2D eigenvalue weighted by Gasteiger charge is 2.53. The van der Waals surface area contributed by atoms with E-state index in [1.807, 2.05) is 12.3 Å². The Labute approximate surface area is 119 Å². The third kappa shape index (κ3) is 2.70. The van der Waals surface area contributed by atoms with Crippen LogP contribution in [-0.2, 0) is 10.0 Å². The Morgan fingerprint density at radius 1 is 1.33 bits per heavy atom.